The summed E-state index contributed by atoms with van der Waals surface area (Å²) in [7, 11) is 0. The van der Waals surface area contributed by atoms with Gasteiger partial charge in [0, 0.05) is 23.5 Å². The van der Waals surface area contributed by atoms with Crippen molar-refractivity contribution >= 4 is 35.1 Å². The zero-order valence-electron chi connectivity index (χ0n) is 18.5. The van der Waals surface area contributed by atoms with Crippen LogP contribution >= 0.6 is 11.8 Å². The van der Waals surface area contributed by atoms with E-state index < -0.39 is 16.7 Å². The van der Waals surface area contributed by atoms with Crippen LogP contribution < -0.4 is 10.2 Å². The zero-order chi connectivity index (χ0) is 23.2. The van der Waals surface area contributed by atoms with E-state index >= 15 is 0 Å². The topological polar surface area (TPSA) is 52.7 Å². The van der Waals surface area contributed by atoms with Gasteiger partial charge in [-0.2, -0.15) is 0 Å². The number of nitrogens with zero attached hydrogens (tertiary/aromatic N) is 2. The van der Waals surface area contributed by atoms with Gasteiger partial charge in [-0.15, -0.1) is 11.8 Å². The van der Waals surface area contributed by atoms with Gasteiger partial charge in [-0.3, -0.25) is 9.69 Å². The van der Waals surface area contributed by atoms with Crippen LogP contribution in [0.3, 0.4) is 0 Å². The van der Waals surface area contributed by atoms with Crippen molar-refractivity contribution in [3.63, 3.8) is 0 Å². The highest BCUT2D eigenvalue weighted by Crippen LogP contribution is 2.54. The van der Waals surface area contributed by atoms with E-state index in [0.717, 1.165) is 27.9 Å². The fraction of sp³-hybridized carbons (Fsp3) is 0.231. The minimum atomic E-state index is -1.14. The number of benzene rings is 3. The second-order valence-electron chi connectivity index (χ2n) is 8.49. The van der Waals surface area contributed by atoms with Crippen molar-refractivity contribution in [2.45, 2.75) is 25.3 Å². The molecule has 1 N–H and O–H groups in total. The summed E-state index contributed by atoms with van der Waals surface area (Å²) in [6.07, 6.45) is 0. The number of thioether (sulfide) groups is 1. The molecule has 0 aliphatic carbocycles. The number of halogens is 1. The fourth-order valence-electron chi connectivity index (χ4n) is 4.64. The first-order valence-electron chi connectivity index (χ1n) is 10.9. The molecule has 7 heteroatoms. The summed E-state index contributed by atoms with van der Waals surface area (Å²) in [5.41, 5.74) is 5.20. The molecule has 168 valence electrons. The van der Waals surface area contributed by atoms with E-state index in [1.165, 1.54) is 23.9 Å². The van der Waals surface area contributed by atoms with Gasteiger partial charge in [0.2, 0.25) is 0 Å². The van der Waals surface area contributed by atoms with Gasteiger partial charge in [0.1, 0.15) is 5.82 Å². The summed E-state index contributed by atoms with van der Waals surface area (Å²) >= 11 is 1.48. The predicted molar refractivity (Wildman–Crippen MR) is 130 cm³/mol. The minimum absolute atomic E-state index is 0.124. The lowest BCUT2D eigenvalue weighted by atomic mass is 10.0. The molecule has 1 spiro atoms. The maximum absolute atomic E-state index is 14.0. The number of amides is 3. The van der Waals surface area contributed by atoms with Gasteiger partial charge >= 0.3 is 6.03 Å². The molecule has 5 nitrogen and oxygen atoms in total. The molecular weight excluding hydrogens is 437 g/mol. The zero-order valence-corrected chi connectivity index (χ0v) is 19.3. The highest BCUT2D eigenvalue weighted by Gasteiger charge is 2.59. The highest BCUT2D eigenvalue weighted by molar-refractivity contribution is 8.01. The Balaban J connectivity index is 1.54. The molecule has 0 aromatic heterocycles. The molecule has 0 bridgehead atoms. The van der Waals surface area contributed by atoms with Crippen LogP contribution in [0.25, 0.3) is 0 Å². The van der Waals surface area contributed by atoms with Crippen molar-refractivity contribution in [3.8, 4) is 0 Å². The quantitative estimate of drug-likeness (QED) is 0.566. The largest absolute Gasteiger partial charge is 0.323 e. The fourth-order valence-corrected chi connectivity index (χ4v) is 6.09. The third-order valence-electron chi connectivity index (χ3n) is 6.09. The summed E-state index contributed by atoms with van der Waals surface area (Å²) < 4.78 is 13.6. The molecule has 3 amide bonds. The number of aryl methyl sites for hydroxylation is 2. The first-order valence-corrected chi connectivity index (χ1v) is 11.8. The van der Waals surface area contributed by atoms with Crippen LogP contribution in [0.2, 0.25) is 0 Å². The molecule has 5 rings (SSSR count). The van der Waals surface area contributed by atoms with Crippen LogP contribution in [0, 0.1) is 19.7 Å². The van der Waals surface area contributed by atoms with Crippen molar-refractivity contribution < 1.29 is 14.0 Å². The summed E-state index contributed by atoms with van der Waals surface area (Å²) in [5, 5.41) is 2.78. The molecule has 0 radical (unpaired) electrons. The number of hydrogen-bond donors (Lipinski definition) is 1. The second-order valence-corrected chi connectivity index (χ2v) is 9.77. The predicted octanol–water partition coefficient (Wildman–Crippen LogP) is 5.42. The first-order chi connectivity index (χ1) is 15.9. The molecule has 1 fully saturated rings. The number of carbonyl (C=O) groups excluding carboxylic acids is 2. The van der Waals surface area contributed by atoms with E-state index in [9.17, 15) is 14.0 Å². The summed E-state index contributed by atoms with van der Waals surface area (Å²) in [6.45, 7) is 4.86. The van der Waals surface area contributed by atoms with Crippen molar-refractivity contribution in [1.29, 1.82) is 0 Å². The van der Waals surface area contributed by atoms with Crippen molar-refractivity contribution in [1.82, 2.24) is 4.90 Å². The molecule has 2 aliphatic rings. The van der Waals surface area contributed by atoms with Crippen LogP contribution in [0.5, 0.6) is 0 Å². The molecule has 1 saturated heterocycles. The maximum Gasteiger partial charge on any atom is 0.323 e. The van der Waals surface area contributed by atoms with Gasteiger partial charge in [-0.25, -0.2) is 9.18 Å². The SMILES string of the molecule is Cc1cccc(CN2C(=O)[C@@]3(SCCN3C(=O)Nc3cccc(F)c3)c3cc(C)ccc32)c1. The van der Waals surface area contributed by atoms with Crippen LogP contribution in [0.1, 0.15) is 22.3 Å². The Morgan fingerprint density at radius 2 is 1.85 bits per heavy atom. The van der Waals surface area contributed by atoms with Crippen molar-refractivity contribution in [2.75, 3.05) is 22.5 Å². The number of rotatable bonds is 3. The van der Waals surface area contributed by atoms with Gasteiger partial charge < -0.3 is 10.2 Å². The summed E-state index contributed by atoms with van der Waals surface area (Å²) in [5.74, 6) is 0.0793. The number of urea groups is 1. The molecular formula is C26H24FN3O2S. The Labute approximate surface area is 196 Å². The Morgan fingerprint density at radius 3 is 2.64 bits per heavy atom. The Morgan fingerprint density at radius 1 is 1.06 bits per heavy atom. The maximum atomic E-state index is 14.0. The Kier molecular flexibility index (Phi) is 5.37. The van der Waals surface area contributed by atoms with Crippen LogP contribution in [-0.4, -0.2) is 29.1 Å². The van der Waals surface area contributed by atoms with E-state index in [0.29, 0.717) is 24.5 Å². The Bertz CT molecular complexity index is 1260. The normalized spacial score (nSPS) is 19.3. The summed E-state index contributed by atoms with van der Waals surface area (Å²) in [6, 6.07) is 19.4. The smallest absolute Gasteiger partial charge is 0.308 e. The molecule has 2 aliphatic heterocycles. The highest BCUT2D eigenvalue weighted by atomic mass is 32.2. The Hall–Kier alpha value is -3.32. The molecule has 0 saturated carbocycles. The number of nitrogens with one attached hydrogen (secondary N) is 1. The van der Waals surface area contributed by atoms with Gasteiger partial charge in [-0.05, 0) is 43.7 Å². The molecule has 33 heavy (non-hydrogen) atoms. The van der Waals surface area contributed by atoms with E-state index in [2.05, 4.69) is 11.4 Å². The van der Waals surface area contributed by atoms with Gasteiger partial charge in [0.25, 0.3) is 5.91 Å². The van der Waals surface area contributed by atoms with Crippen molar-refractivity contribution in [2.24, 2.45) is 0 Å². The average Bonchev–Trinajstić information content (AvgIpc) is 3.31. The van der Waals surface area contributed by atoms with Gasteiger partial charge in [-0.1, -0.05) is 53.6 Å². The lowest BCUT2D eigenvalue weighted by molar-refractivity contribution is -0.123. The lowest BCUT2D eigenvalue weighted by Gasteiger charge is -2.33. The van der Waals surface area contributed by atoms with E-state index in [4.69, 9.17) is 0 Å². The molecule has 1 atom stereocenters. The molecule has 3 aromatic carbocycles. The van der Waals surface area contributed by atoms with E-state index in [-0.39, 0.29) is 5.91 Å². The molecule has 0 unspecified atom stereocenters. The van der Waals surface area contributed by atoms with Crippen LogP contribution in [0.15, 0.2) is 66.7 Å². The number of fused-ring (bicyclic) bond motifs is 2. The second kappa shape index (κ2) is 8.23. The minimum Gasteiger partial charge on any atom is -0.308 e. The standard InChI is InChI=1S/C26H24FN3O2S/c1-17-5-3-6-19(13-17)16-29-23-10-9-18(2)14-22(23)26(24(29)31)30(11-12-33-26)25(32)28-21-8-4-7-20(27)15-21/h3-10,13-15H,11-12,16H2,1-2H3,(H,28,32)/t26-/m0/s1. The third-order valence-corrected chi connectivity index (χ3v) is 7.51. The monoisotopic (exact) mass is 461 g/mol. The molecule has 2 heterocycles. The number of anilines is 2. The first kappa shape index (κ1) is 21.5. The number of hydrogen-bond acceptors (Lipinski definition) is 3. The third kappa shape index (κ3) is 3.66. The molecule has 3 aromatic rings. The lowest BCUT2D eigenvalue weighted by Crippen LogP contribution is -2.51. The van der Waals surface area contributed by atoms with Gasteiger partial charge in [0.15, 0.2) is 4.87 Å². The van der Waals surface area contributed by atoms with Crippen LogP contribution in [0.4, 0.5) is 20.6 Å². The average molecular weight is 462 g/mol. The summed E-state index contributed by atoms with van der Waals surface area (Å²) in [4.78, 5) is 29.6. The number of carbonyl (C=O) groups is 2. The van der Waals surface area contributed by atoms with E-state index in [1.807, 2.05) is 50.2 Å². The van der Waals surface area contributed by atoms with Gasteiger partial charge in [0.05, 0.1) is 12.2 Å². The van der Waals surface area contributed by atoms with Crippen molar-refractivity contribution in [3.05, 3.63) is 94.8 Å². The van der Waals surface area contributed by atoms with Crippen LogP contribution in [-0.2, 0) is 16.2 Å². The van der Waals surface area contributed by atoms with E-state index in [1.54, 1.807) is 21.9 Å².